The zero-order valence-electron chi connectivity index (χ0n) is 16.8. The number of aliphatic hydroxyl groups excluding tert-OH is 4. The van der Waals surface area contributed by atoms with Gasteiger partial charge in [0, 0.05) is 0 Å². The predicted molar refractivity (Wildman–Crippen MR) is 103 cm³/mol. The molecule has 0 spiro atoms. The molecular formula is C21H22F3NO7. The minimum Gasteiger partial charge on any atom is -0.456 e. The third-order valence-corrected chi connectivity index (χ3v) is 5.09. The van der Waals surface area contributed by atoms with Gasteiger partial charge in [-0.25, -0.2) is 8.78 Å². The fourth-order valence-electron chi connectivity index (χ4n) is 3.23. The highest BCUT2D eigenvalue weighted by atomic mass is 19.2. The van der Waals surface area contributed by atoms with Gasteiger partial charge in [0.05, 0.1) is 18.2 Å². The van der Waals surface area contributed by atoms with Gasteiger partial charge in [0.15, 0.2) is 17.4 Å². The number of aliphatic hydroxyl groups is 4. The van der Waals surface area contributed by atoms with Crippen molar-refractivity contribution in [2.75, 3.05) is 6.61 Å². The molecule has 0 radical (unpaired) electrons. The highest BCUT2D eigenvalue weighted by Crippen LogP contribution is 2.31. The molecule has 0 aliphatic carbocycles. The fourth-order valence-corrected chi connectivity index (χ4v) is 3.23. The molecular weight excluding hydrogens is 435 g/mol. The minimum atomic E-state index is -2.00. The van der Waals surface area contributed by atoms with E-state index < -0.39 is 78.0 Å². The van der Waals surface area contributed by atoms with Crippen LogP contribution < -0.4 is 10.1 Å². The van der Waals surface area contributed by atoms with Crippen LogP contribution >= 0.6 is 0 Å². The Bertz CT molecular complexity index is 960. The third kappa shape index (κ3) is 4.71. The summed E-state index contributed by atoms with van der Waals surface area (Å²) < 4.78 is 53.3. The molecule has 1 amide bonds. The SMILES string of the molecule is C[C@H](NC(=O)c1cc(F)c(F)c(OC2OC(CO)C(O)C(O)C2O)c1F)c1ccccc1. The highest BCUT2D eigenvalue weighted by molar-refractivity contribution is 5.95. The Hall–Kier alpha value is -2.70. The Morgan fingerprint density at radius 3 is 2.38 bits per heavy atom. The summed E-state index contributed by atoms with van der Waals surface area (Å²) in [6.07, 6.45) is -9.02. The molecule has 11 heteroatoms. The van der Waals surface area contributed by atoms with E-state index in [0.717, 1.165) is 0 Å². The van der Waals surface area contributed by atoms with Crippen LogP contribution in [0.4, 0.5) is 13.2 Å². The summed E-state index contributed by atoms with van der Waals surface area (Å²) in [6.45, 7) is 0.792. The Labute approximate surface area is 180 Å². The van der Waals surface area contributed by atoms with Crippen LogP contribution in [0.1, 0.15) is 28.9 Å². The van der Waals surface area contributed by atoms with Gasteiger partial charge < -0.3 is 35.2 Å². The zero-order chi connectivity index (χ0) is 23.6. The van der Waals surface area contributed by atoms with Gasteiger partial charge >= 0.3 is 0 Å². The lowest BCUT2D eigenvalue weighted by molar-refractivity contribution is -0.278. The Balaban J connectivity index is 1.87. The summed E-state index contributed by atoms with van der Waals surface area (Å²) in [7, 11) is 0. The van der Waals surface area contributed by atoms with E-state index in [-0.39, 0.29) is 0 Å². The smallest absolute Gasteiger partial charge is 0.254 e. The normalized spacial score (nSPS) is 26.4. The summed E-state index contributed by atoms with van der Waals surface area (Å²) in [6, 6.07) is 8.39. The Morgan fingerprint density at radius 2 is 1.75 bits per heavy atom. The van der Waals surface area contributed by atoms with Crippen molar-refractivity contribution in [1.29, 1.82) is 0 Å². The monoisotopic (exact) mass is 457 g/mol. The molecule has 2 aromatic carbocycles. The molecule has 3 rings (SSSR count). The van der Waals surface area contributed by atoms with Crippen LogP contribution in [0, 0.1) is 17.5 Å². The highest BCUT2D eigenvalue weighted by Gasteiger charge is 2.45. The lowest BCUT2D eigenvalue weighted by Gasteiger charge is -2.39. The number of amides is 1. The van der Waals surface area contributed by atoms with Crippen LogP contribution in [0.3, 0.4) is 0 Å². The maximum absolute atomic E-state index is 15.0. The average Bonchev–Trinajstić information content (AvgIpc) is 2.79. The molecule has 0 aromatic heterocycles. The van der Waals surface area contributed by atoms with Crippen molar-refractivity contribution in [2.45, 2.75) is 43.7 Å². The number of nitrogens with one attached hydrogen (secondary N) is 1. The molecule has 1 saturated heterocycles. The molecule has 1 aliphatic heterocycles. The molecule has 8 nitrogen and oxygen atoms in total. The van der Waals surface area contributed by atoms with Crippen molar-refractivity contribution in [2.24, 2.45) is 0 Å². The quantitative estimate of drug-likeness (QED) is 0.406. The van der Waals surface area contributed by atoms with Crippen LogP contribution in [0.5, 0.6) is 5.75 Å². The number of carbonyl (C=O) groups excluding carboxylic acids is 1. The first-order valence-electron chi connectivity index (χ1n) is 9.66. The summed E-state index contributed by atoms with van der Waals surface area (Å²) in [5.41, 5.74) is -0.187. The standard InChI is InChI=1S/C21H22F3NO7/c1-9(10-5-3-2-4-6-10)25-20(30)11-7-12(22)15(24)19(14(11)23)32-21-18(29)17(28)16(27)13(8-26)31-21/h2-7,9,13,16-18,21,26-29H,8H2,1H3,(H,25,30)/t9-,13?,16?,17?,18?,21?/m0/s1. The number of rotatable bonds is 6. The van der Waals surface area contributed by atoms with Crippen molar-refractivity contribution in [3.8, 4) is 5.75 Å². The Kier molecular flexibility index (Phi) is 7.36. The van der Waals surface area contributed by atoms with Crippen molar-refractivity contribution in [3.63, 3.8) is 0 Å². The summed E-state index contributed by atoms with van der Waals surface area (Å²) in [4.78, 5) is 12.5. The van der Waals surface area contributed by atoms with Crippen LogP contribution in [0.25, 0.3) is 0 Å². The molecule has 1 aliphatic rings. The molecule has 1 heterocycles. The molecule has 5 unspecified atom stereocenters. The molecule has 2 aromatic rings. The second-order valence-electron chi connectivity index (χ2n) is 7.28. The summed E-state index contributed by atoms with van der Waals surface area (Å²) >= 11 is 0. The minimum absolute atomic E-state index is 0.359. The van der Waals surface area contributed by atoms with E-state index in [0.29, 0.717) is 11.6 Å². The first-order chi connectivity index (χ1) is 15.1. The number of carbonyl (C=O) groups is 1. The Morgan fingerprint density at radius 1 is 1.09 bits per heavy atom. The number of hydrogen-bond acceptors (Lipinski definition) is 7. The lowest BCUT2D eigenvalue weighted by atomic mass is 9.99. The first-order valence-corrected chi connectivity index (χ1v) is 9.66. The molecule has 0 saturated carbocycles. The van der Waals surface area contributed by atoms with E-state index in [1.54, 1.807) is 37.3 Å². The maximum atomic E-state index is 15.0. The summed E-state index contributed by atoms with van der Waals surface area (Å²) in [5, 5.41) is 41.2. The first kappa shape index (κ1) is 24.0. The van der Waals surface area contributed by atoms with Gasteiger partial charge in [-0.1, -0.05) is 30.3 Å². The predicted octanol–water partition coefficient (Wildman–Crippen LogP) is 0.774. The molecule has 174 valence electrons. The number of hydrogen-bond donors (Lipinski definition) is 5. The van der Waals surface area contributed by atoms with E-state index in [1.807, 2.05) is 0 Å². The van der Waals surface area contributed by atoms with Gasteiger partial charge in [-0.05, 0) is 18.6 Å². The molecule has 6 atom stereocenters. The van der Waals surface area contributed by atoms with Gasteiger partial charge in [-0.3, -0.25) is 4.79 Å². The van der Waals surface area contributed by atoms with Gasteiger partial charge in [0.25, 0.3) is 5.91 Å². The lowest BCUT2D eigenvalue weighted by Crippen LogP contribution is -2.60. The van der Waals surface area contributed by atoms with Crippen molar-refractivity contribution in [3.05, 3.63) is 65.0 Å². The van der Waals surface area contributed by atoms with Gasteiger partial charge in [0.2, 0.25) is 12.1 Å². The molecule has 1 fully saturated rings. The van der Waals surface area contributed by atoms with Crippen molar-refractivity contribution >= 4 is 5.91 Å². The number of ether oxygens (including phenoxy) is 2. The van der Waals surface area contributed by atoms with Crippen molar-refractivity contribution in [1.82, 2.24) is 5.32 Å². The van der Waals surface area contributed by atoms with Crippen LogP contribution in [0.2, 0.25) is 0 Å². The van der Waals surface area contributed by atoms with Gasteiger partial charge in [-0.15, -0.1) is 0 Å². The number of benzene rings is 2. The van der Waals surface area contributed by atoms with E-state index in [9.17, 15) is 38.4 Å². The van der Waals surface area contributed by atoms with E-state index >= 15 is 0 Å². The second-order valence-corrected chi connectivity index (χ2v) is 7.28. The maximum Gasteiger partial charge on any atom is 0.254 e. The topological polar surface area (TPSA) is 128 Å². The van der Waals surface area contributed by atoms with E-state index in [4.69, 9.17) is 9.47 Å². The second kappa shape index (κ2) is 9.84. The fraction of sp³-hybridized carbons (Fsp3) is 0.381. The van der Waals surface area contributed by atoms with E-state index in [2.05, 4.69) is 5.32 Å². The van der Waals surface area contributed by atoms with Gasteiger partial charge in [-0.2, -0.15) is 4.39 Å². The third-order valence-electron chi connectivity index (χ3n) is 5.09. The zero-order valence-corrected chi connectivity index (χ0v) is 16.8. The largest absolute Gasteiger partial charge is 0.456 e. The van der Waals surface area contributed by atoms with Crippen molar-refractivity contribution < 1.29 is 47.9 Å². The van der Waals surface area contributed by atoms with Gasteiger partial charge in [0.1, 0.15) is 24.4 Å². The average molecular weight is 457 g/mol. The molecule has 32 heavy (non-hydrogen) atoms. The number of halogens is 3. The van der Waals surface area contributed by atoms with E-state index in [1.165, 1.54) is 0 Å². The molecule has 0 bridgehead atoms. The van der Waals surface area contributed by atoms with Crippen LogP contribution in [0.15, 0.2) is 36.4 Å². The molecule has 5 N–H and O–H groups in total. The summed E-state index contributed by atoms with van der Waals surface area (Å²) in [5.74, 6) is -7.41. The van der Waals surface area contributed by atoms with Crippen LogP contribution in [-0.4, -0.2) is 63.6 Å². The van der Waals surface area contributed by atoms with Crippen LogP contribution in [-0.2, 0) is 4.74 Å².